The minimum atomic E-state index is -0.588. The van der Waals surface area contributed by atoms with Crippen molar-refractivity contribution in [3.63, 3.8) is 0 Å². The van der Waals surface area contributed by atoms with Crippen LogP contribution < -0.4 is 16.0 Å². The molecule has 0 saturated carbocycles. The summed E-state index contributed by atoms with van der Waals surface area (Å²) in [4.78, 5) is 24.3. The summed E-state index contributed by atoms with van der Waals surface area (Å²) in [7, 11) is 0. The fraction of sp³-hybridized carbons (Fsp3) is 0.333. The molecule has 1 fully saturated rings. The van der Waals surface area contributed by atoms with Crippen molar-refractivity contribution in [3.8, 4) is 0 Å². The highest BCUT2D eigenvalue weighted by molar-refractivity contribution is 7.99. The minimum Gasteiger partial charge on any atom is -0.392 e. The van der Waals surface area contributed by atoms with Crippen LogP contribution in [0.4, 0.5) is 16.2 Å². The molecule has 3 aromatic carbocycles. The number of aliphatic hydroxyl groups excluding tert-OH is 1. The van der Waals surface area contributed by atoms with Crippen LogP contribution >= 0.6 is 11.8 Å². The first-order chi connectivity index (χ1) is 18.9. The largest absolute Gasteiger partial charge is 0.392 e. The van der Waals surface area contributed by atoms with Gasteiger partial charge in [-0.2, -0.15) is 0 Å². The summed E-state index contributed by atoms with van der Waals surface area (Å²) in [5.74, 6) is 0.672. The number of hydrogen-bond acceptors (Lipinski definition) is 6. The number of benzene rings is 3. The van der Waals surface area contributed by atoms with Crippen molar-refractivity contribution in [2.24, 2.45) is 5.92 Å². The number of carbonyl (C=O) groups is 2. The number of thioether (sulfide) groups is 1. The molecule has 3 amide bonds. The van der Waals surface area contributed by atoms with E-state index in [1.807, 2.05) is 79.7 Å². The Hall–Kier alpha value is -3.37. The van der Waals surface area contributed by atoms with E-state index in [2.05, 4.69) is 22.9 Å². The van der Waals surface area contributed by atoms with Crippen LogP contribution in [0.15, 0.2) is 77.7 Å². The second-order valence-electron chi connectivity index (χ2n) is 9.44. The molecule has 0 spiro atoms. The lowest BCUT2D eigenvalue weighted by molar-refractivity contribution is -0.268. The van der Waals surface area contributed by atoms with Crippen LogP contribution in [0.3, 0.4) is 0 Å². The Balaban J connectivity index is 1.51. The van der Waals surface area contributed by atoms with E-state index in [4.69, 9.17) is 9.47 Å². The molecule has 206 valence electrons. The second-order valence-corrected chi connectivity index (χ2v) is 10.5. The van der Waals surface area contributed by atoms with Gasteiger partial charge in [0.2, 0.25) is 5.91 Å². The Morgan fingerprint density at radius 1 is 0.872 bits per heavy atom. The van der Waals surface area contributed by atoms with Crippen LogP contribution in [0.2, 0.25) is 0 Å². The molecule has 3 aromatic rings. The maximum absolute atomic E-state index is 11.9. The van der Waals surface area contributed by atoms with Crippen LogP contribution in [-0.2, 0) is 20.9 Å². The summed E-state index contributed by atoms with van der Waals surface area (Å²) in [6, 6.07) is 22.8. The molecule has 8 nitrogen and oxygen atoms in total. The molecule has 4 N–H and O–H groups in total. The fourth-order valence-corrected chi connectivity index (χ4v) is 5.45. The highest BCUT2D eigenvalue weighted by Crippen LogP contribution is 2.43. The van der Waals surface area contributed by atoms with Gasteiger partial charge in [-0.15, -0.1) is 11.8 Å². The number of aliphatic hydroxyl groups is 1. The highest BCUT2D eigenvalue weighted by atomic mass is 32.2. The third-order valence-corrected chi connectivity index (χ3v) is 7.59. The van der Waals surface area contributed by atoms with Crippen LogP contribution in [0, 0.1) is 5.92 Å². The Morgan fingerprint density at radius 3 is 2.10 bits per heavy atom. The quantitative estimate of drug-likeness (QED) is 0.249. The van der Waals surface area contributed by atoms with Crippen LogP contribution in [-0.4, -0.2) is 35.4 Å². The van der Waals surface area contributed by atoms with E-state index < -0.39 is 6.29 Å². The van der Waals surface area contributed by atoms with Gasteiger partial charge in [0, 0.05) is 47.0 Å². The predicted molar refractivity (Wildman–Crippen MR) is 154 cm³/mol. The summed E-state index contributed by atoms with van der Waals surface area (Å²) < 4.78 is 13.0. The molecular formula is C30H35N3O5S. The molecule has 39 heavy (non-hydrogen) atoms. The SMILES string of the molecule is CCNC(=O)Nc1ccc([C@H]2O[C@@H](CSc3ccc(NC(C)=O)cc3)[C@@H](C)[C@@H](c3ccc(CO)cc3)O2)cc1. The van der Waals surface area contributed by atoms with Crippen molar-refractivity contribution in [2.45, 2.75) is 50.8 Å². The zero-order valence-corrected chi connectivity index (χ0v) is 23.2. The van der Waals surface area contributed by atoms with E-state index in [1.54, 1.807) is 11.8 Å². The van der Waals surface area contributed by atoms with Crippen LogP contribution in [0.5, 0.6) is 0 Å². The van der Waals surface area contributed by atoms with Gasteiger partial charge >= 0.3 is 6.03 Å². The molecule has 0 aromatic heterocycles. The zero-order valence-electron chi connectivity index (χ0n) is 22.3. The number of carbonyl (C=O) groups excluding carboxylic acids is 2. The number of hydrogen-bond donors (Lipinski definition) is 4. The molecular weight excluding hydrogens is 514 g/mol. The van der Waals surface area contributed by atoms with E-state index in [9.17, 15) is 14.7 Å². The van der Waals surface area contributed by atoms with E-state index in [0.717, 1.165) is 27.3 Å². The van der Waals surface area contributed by atoms with Gasteiger partial charge < -0.3 is 30.5 Å². The molecule has 0 unspecified atom stereocenters. The Kier molecular flexibility index (Phi) is 10.00. The molecule has 4 rings (SSSR count). The third-order valence-electron chi connectivity index (χ3n) is 6.49. The summed E-state index contributed by atoms with van der Waals surface area (Å²) in [5.41, 5.74) is 4.17. The lowest BCUT2D eigenvalue weighted by atomic mass is 9.91. The monoisotopic (exact) mass is 549 g/mol. The van der Waals surface area contributed by atoms with Crippen LogP contribution in [0.1, 0.15) is 49.9 Å². The summed E-state index contributed by atoms with van der Waals surface area (Å²) in [6.45, 7) is 6.02. The molecule has 1 heterocycles. The van der Waals surface area contributed by atoms with Crippen LogP contribution in [0.25, 0.3) is 0 Å². The van der Waals surface area contributed by atoms with Gasteiger partial charge in [-0.05, 0) is 54.4 Å². The van der Waals surface area contributed by atoms with E-state index in [-0.39, 0.29) is 36.7 Å². The maximum atomic E-state index is 11.9. The minimum absolute atomic E-state index is 0.0102. The Bertz CT molecular complexity index is 1230. The van der Waals surface area contributed by atoms with Gasteiger partial charge in [-0.25, -0.2) is 4.79 Å². The lowest BCUT2D eigenvalue weighted by Gasteiger charge is -2.41. The van der Waals surface area contributed by atoms with Gasteiger partial charge in [-0.1, -0.05) is 43.3 Å². The van der Waals surface area contributed by atoms with Crippen molar-refractivity contribution in [1.29, 1.82) is 0 Å². The third kappa shape index (κ3) is 7.83. The highest BCUT2D eigenvalue weighted by Gasteiger charge is 2.38. The van der Waals surface area contributed by atoms with Crippen molar-refractivity contribution in [1.82, 2.24) is 5.32 Å². The number of anilines is 2. The number of nitrogens with one attached hydrogen (secondary N) is 3. The zero-order chi connectivity index (χ0) is 27.8. The lowest BCUT2D eigenvalue weighted by Crippen LogP contribution is -2.38. The standard InChI is InChI=1S/C30H35N3O5S/c1-4-31-30(36)33-25-11-9-23(10-12-25)29-37-27(18-39-26-15-13-24(14-16-26)32-20(3)35)19(2)28(38-29)22-7-5-21(17-34)6-8-22/h5-16,19,27-29,34H,4,17-18H2,1-3H3,(H,32,35)(H2,31,33,36)/t19-,27+,28+,29+/m1/s1. The van der Waals surface area contributed by atoms with Gasteiger partial charge in [-0.3, -0.25) is 4.79 Å². The maximum Gasteiger partial charge on any atom is 0.319 e. The van der Waals surface area contributed by atoms with E-state index >= 15 is 0 Å². The van der Waals surface area contributed by atoms with E-state index in [0.29, 0.717) is 18.0 Å². The van der Waals surface area contributed by atoms with Gasteiger partial charge in [0.25, 0.3) is 0 Å². The van der Waals surface area contributed by atoms with Gasteiger partial charge in [0.15, 0.2) is 6.29 Å². The molecule has 1 saturated heterocycles. The van der Waals surface area contributed by atoms with Crippen molar-refractivity contribution in [3.05, 3.63) is 89.5 Å². The van der Waals surface area contributed by atoms with Crippen molar-refractivity contribution in [2.75, 3.05) is 22.9 Å². The first kappa shape index (κ1) is 28.6. The molecule has 0 aliphatic carbocycles. The van der Waals surface area contributed by atoms with Crippen molar-refractivity contribution < 1.29 is 24.2 Å². The smallest absolute Gasteiger partial charge is 0.319 e. The Morgan fingerprint density at radius 2 is 1.49 bits per heavy atom. The van der Waals surface area contributed by atoms with Crippen molar-refractivity contribution >= 4 is 35.1 Å². The molecule has 1 aliphatic heterocycles. The molecule has 0 bridgehead atoms. The van der Waals surface area contributed by atoms with E-state index in [1.165, 1.54) is 6.92 Å². The summed E-state index contributed by atoms with van der Waals surface area (Å²) in [5, 5.41) is 17.8. The molecule has 9 heteroatoms. The predicted octanol–water partition coefficient (Wildman–Crippen LogP) is 5.86. The second kappa shape index (κ2) is 13.6. The number of amides is 3. The molecule has 4 atom stereocenters. The average Bonchev–Trinajstić information content (AvgIpc) is 2.93. The average molecular weight is 550 g/mol. The molecule has 0 radical (unpaired) electrons. The first-order valence-electron chi connectivity index (χ1n) is 13.0. The number of rotatable bonds is 9. The fourth-order valence-electron chi connectivity index (χ4n) is 4.39. The number of urea groups is 1. The topological polar surface area (TPSA) is 109 Å². The summed E-state index contributed by atoms with van der Waals surface area (Å²) in [6.07, 6.45) is -0.910. The molecule has 1 aliphatic rings. The number of ether oxygens (including phenoxy) is 2. The first-order valence-corrected chi connectivity index (χ1v) is 14.0. The van der Waals surface area contributed by atoms with Gasteiger partial charge in [0.1, 0.15) is 0 Å². The Labute approximate surface area is 233 Å². The summed E-state index contributed by atoms with van der Waals surface area (Å²) >= 11 is 1.69. The van der Waals surface area contributed by atoms with Gasteiger partial charge in [0.05, 0.1) is 18.8 Å². The normalized spacial score (nSPS) is 20.7.